The van der Waals surface area contributed by atoms with Gasteiger partial charge in [-0.05, 0) is 41.1 Å². The Morgan fingerprint density at radius 3 is 2.13 bits per heavy atom. The van der Waals surface area contributed by atoms with Crippen molar-refractivity contribution < 1.29 is 95.3 Å². The third-order valence-electron chi connectivity index (χ3n) is 4.58. The van der Waals surface area contributed by atoms with Crippen molar-refractivity contribution in [1.29, 1.82) is 0 Å². The number of nitrogens with zero attached hydrogens (tertiary/aromatic N) is 4. The van der Waals surface area contributed by atoms with Gasteiger partial charge in [-0.15, -0.1) is 5.11 Å². The van der Waals surface area contributed by atoms with Gasteiger partial charge in [-0.1, -0.05) is 23.9 Å². The van der Waals surface area contributed by atoms with Crippen LogP contribution in [0.2, 0.25) is 0 Å². The molecule has 0 unspecified atom stereocenters. The van der Waals surface area contributed by atoms with E-state index in [-0.39, 0.29) is 70.2 Å². The van der Waals surface area contributed by atoms with Crippen molar-refractivity contribution in [2.45, 2.75) is 9.79 Å². The molecule has 4 rings (SSSR count). The quantitative estimate of drug-likeness (QED) is 0.0955. The van der Waals surface area contributed by atoms with Gasteiger partial charge in [0.25, 0.3) is 20.2 Å². The molecule has 1 heterocycles. The molecule has 0 spiro atoms. The number of rotatable bonds is 6. The van der Waals surface area contributed by atoms with Crippen molar-refractivity contribution in [2.75, 3.05) is 5.32 Å². The van der Waals surface area contributed by atoms with E-state index in [4.69, 9.17) is 0 Å². The van der Waals surface area contributed by atoms with Crippen molar-refractivity contribution in [2.24, 2.45) is 10.2 Å². The molecule has 0 fully saturated rings. The number of azo groups is 1. The van der Waals surface area contributed by atoms with Crippen LogP contribution in [0.1, 0.15) is 0 Å². The normalized spacial score (nSPS) is 11.6. The minimum Gasteiger partial charge on any atom is -0.870 e. The number of benzene rings is 3. The maximum atomic E-state index is 13.4. The summed E-state index contributed by atoms with van der Waals surface area (Å²) in [5, 5.41) is 33.9. The van der Waals surface area contributed by atoms with Crippen LogP contribution in [0.4, 0.5) is 23.0 Å². The summed E-state index contributed by atoms with van der Waals surface area (Å²) in [4.78, 5) is 18.2. The Balaban J connectivity index is 0.00000253. The second kappa shape index (κ2) is 12.2. The van der Waals surface area contributed by atoms with E-state index in [2.05, 4.69) is 30.5 Å². The molecule has 0 aliphatic rings. The molecule has 0 amide bonds. The fourth-order valence-electron chi connectivity index (χ4n) is 3.14. The molecule has 19 heteroatoms. The van der Waals surface area contributed by atoms with Crippen LogP contribution in [0.15, 0.2) is 73.3 Å². The van der Waals surface area contributed by atoms with Gasteiger partial charge in [-0.2, -0.15) is 26.9 Å². The molecule has 0 saturated carbocycles. The molecule has 0 aliphatic carbocycles. The standard InChI is InChI=1S/C19H14N6O9S2.2Na/c26-16-14-9(7-13(36(32,33)34)15(16)25-24-10-4-2-1-3-5-10)6-11(35(29,30)31)8-12(14)20-17-21-18(27)23-19(28)22-17;;/h1-8,26H,(H,29,30,31)(H,32,33,34)(H3,20,21,22,23,27,28);;/q;2*+1/p-2. The minimum atomic E-state index is -5.08. The fourth-order valence-corrected chi connectivity index (χ4v) is 4.33. The van der Waals surface area contributed by atoms with Crippen LogP contribution >= 0.6 is 0 Å². The first-order valence-corrected chi connectivity index (χ1v) is 12.4. The van der Waals surface area contributed by atoms with Crippen molar-refractivity contribution in [3.05, 3.63) is 59.0 Å². The summed E-state index contributed by atoms with van der Waals surface area (Å²) >= 11 is 0. The van der Waals surface area contributed by atoms with E-state index in [0.717, 1.165) is 18.2 Å². The Bertz CT molecular complexity index is 1820. The van der Waals surface area contributed by atoms with E-state index in [1.165, 1.54) is 12.1 Å². The van der Waals surface area contributed by atoms with Crippen LogP contribution in [-0.2, 0) is 20.2 Å². The number of fused-ring (bicyclic) bond motifs is 1. The van der Waals surface area contributed by atoms with Gasteiger partial charge >= 0.3 is 64.8 Å². The van der Waals surface area contributed by atoms with E-state index < -0.39 is 70.2 Å². The maximum Gasteiger partial charge on any atom is 1.00 e. The molecule has 0 bridgehead atoms. The summed E-state index contributed by atoms with van der Waals surface area (Å²) in [6.07, 6.45) is 0. The summed E-state index contributed by atoms with van der Waals surface area (Å²) in [5.74, 6) is -1.68. The van der Waals surface area contributed by atoms with Crippen LogP contribution in [0.5, 0.6) is 11.8 Å². The number of aromatic nitrogens is 3. The Labute approximate surface area is 258 Å². The molecule has 0 atom stereocenters. The zero-order chi connectivity index (χ0) is 26.3. The van der Waals surface area contributed by atoms with Crippen molar-refractivity contribution >= 4 is 54.0 Å². The largest absolute Gasteiger partial charge is 1.00 e. The number of H-pyrrole nitrogens is 1. The summed E-state index contributed by atoms with van der Waals surface area (Å²) in [6.45, 7) is 0. The van der Waals surface area contributed by atoms with Gasteiger partial charge in [-0.25, -0.2) is 9.78 Å². The topological polar surface area (TPSA) is 250 Å². The molecule has 3 aromatic carbocycles. The molecular weight excluding hydrogens is 566 g/mol. The Hall–Kier alpha value is -2.45. The van der Waals surface area contributed by atoms with Crippen molar-refractivity contribution in [3.63, 3.8) is 0 Å². The van der Waals surface area contributed by atoms with Crippen LogP contribution in [0.3, 0.4) is 0 Å². The van der Waals surface area contributed by atoms with E-state index in [0.29, 0.717) is 0 Å². The summed E-state index contributed by atoms with van der Waals surface area (Å²) < 4.78 is 66.9. The van der Waals surface area contributed by atoms with Gasteiger partial charge < -0.3 is 15.5 Å². The van der Waals surface area contributed by atoms with Crippen molar-refractivity contribution in [3.8, 4) is 11.8 Å². The van der Waals surface area contributed by atoms with Gasteiger partial charge in [-0.3, -0.25) is 14.1 Å². The molecule has 0 radical (unpaired) electrons. The maximum absolute atomic E-state index is 13.4. The molecular formula is C19H12N6Na2O9S2. The summed E-state index contributed by atoms with van der Waals surface area (Å²) in [5.41, 5.74) is -2.12. The molecule has 38 heavy (non-hydrogen) atoms. The average Bonchev–Trinajstić information content (AvgIpc) is 2.76. The zero-order valence-corrected chi connectivity index (χ0v) is 25.1. The van der Waals surface area contributed by atoms with E-state index in [1.807, 2.05) is 0 Å². The van der Waals surface area contributed by atoms with E-state index >= 15 is 0 Å². The first-order valence-electron chi connectivity index (χ1n) is 9.49. The Morgan fingerprint density at radius 2 is 1.55 bits per heavy atom. The van der Waals surface area contributed by atoms with Gasteiger partial charge in [0.1, 0.15) is 4.90 Å². The molecule has 0 aliphatic heterocycles. The second-order valence-electron chi connectivity index (χ2n) is 7.02. The molecule has 15 nitrogen and oxygen atoms in total. The van der Waals surface area contributed by atoms with Crippen LogP contribution in [0.25, 0.3) is 10.8 Å². The third-order valence-corrected chi connectivity index (χ3v) is 6.28. The van der Waals surface area contributed by atoms with Gasteiger partial charge in [0.15, 0.2) is 0 Å². The monoisotopic (exact) mass is 578 g/mol. The van der Waals surface area contributed by atoms with Gasteiger partial charge in [0, 0.05) is 5.69 Å². The second-order valence-corrected chi connectivity index (χ2v) is 9.83. The predicted molar refractivity (Wildman–Crippen MR) is 119 cm³/mol. The number of hydrogen-bond donors (Lipinski definition) is 4. The first kappa shape index (κ1) is 31.8. The molecule has 1 aromatic heterocycles. The Morgan fingerprint density at radius 1 is 0.895 bits per heavy atom. The number of anilines is 2. The summed E-state index contributed by atoms with van der Waals surface area (Å²) in [6, 6.07) is 8.95. The molecule has 4 N–H and O–H groups in total. The van der Waals surface area contributed by atoms with Crippen LogP contribution in [-0.4, -0.2) is 40.9 Å². The Kier molecular flexibility index (Phi) is 10.2. The molecule has 186 valence electrons. The summed E-state index contributed by atoms with van der Waals surface area (Å²) in [7, 11) is -9.98. The van der Waals surface area contributed by atoms with Gasteiger partial charge in [0.2, 0.25) is 5.95 Å². The molecule has 4 aromatic rings. The number of aromatic amines is 1. The predicted octanol–water partition coefficient (Wildman–Crippen LogP) is -4.87. The average molecular weight is 578 g/mol. The third kappa shape index (κ3) is 7.14. The van der Waals surface area contributed by atoms with Crippen LogP contribution < -0.4 is 80.3 Å². The fraction of sp³-hybridized carbons (Fsp3) is 0. The van der Waals surface area contributed by atoms with E-state index in [1.54, 1.807) is 18.2 Å². The smallest absolute Gasteiger partial charge is 0.870 e. The zero-order valence-electron chi connectivity index (χ0n) is 19.5. The minimum absolute atomic E-state index is 0. The van der Waals surface area contributed by atoms with Crippen molar-refractivity contribution in [1.82, 2.24) is 15.0 Å². The number of nitrogens with one attached hydrogen (secondary N) is 2. The van der Waals surface area contributed by atoms with Gasteiger partial charge in [0.05, 0.1) is 22.3 Å². The first-order chi connectivity index (χ1) is 16.8. The SMILES string of the molecule is O=c1nc([O-])nc(Nc2cc(S(=O)(=O)O)cc3cc(S(=O)(=O)O)c(N=Nc4ccccc4)c([O-])c23)[nH]1.[Na+].[Na+]. The molecule has 0 saturated heterocycles. The van der Waals surface area contributed by atoms with Crippen LogP contribution in [0, 0.1) is 0 Å². The number of hydrogen-bond acceptors (Lipinski definition) is 12. The van der Waals surface area contributed by atoms with E-state index in [9.17, 15) is 40.9 Å².